The van der Waals surface area contributed by atoms with Crippen LogP contribution in [0.25, 0.3) is 0 Å². The Balaban J connectivity index is 2.24. The van der Waals surface area contributed by atoms with E-state index in [4.69, 9.17) is 10.2 Å². The van der Waals surface area contributed by atoms with Crippen LogP contribution in [0, 0.1) is 6.92 Å². The van der Waals surface area contributed by atoms with Gasteiger partial charge in [-0.1, -0.05) is 0 Å². The Bertz CT molecular complexity index is 250. The lowest BCUT2D eigenvalue weighted by Crippen LogP contribution is -2.21. The number of aliphatic hydroxyl groups is 1. The average molecular weight is 201 g/mol. The smallest absolute Gasteiger partial charge is 0.116 e. The van der Waals surface area contributed by atoms with E-state index in [-0.39, 0.29) is 0 Å². The average Bonchev–Trinajstić information content (AvgIpc) is 2.52. The summed E-state index contributed by atoms with van der Waals surface area (Å²) in [6.07, 6.45) is 1.28. The Hall–Kier alpha value is -0.450. The van der Waals surface area contributed by atoms with Gasteiger partial charge in [0, 0.05) is 12.3 Å². The van der Waals surface area contributed by atoms with E-state index in [0.717, 1.165) is 17.1 Å². The predicted molar refractivity (Wildman–Crippen MR) is 54.7 cm³/mol. The molecule has 0 aliphatic carbocycles. The van der Waals surface area contributed by atoms with Crippen LogP contribution in [0.2, 0.25) is 0 Å². The molecule has 1 aromatic rings. The van der Waals surface area contributed by atoms with Gasteiger partial charge in [0.1, 0.15) is 5.76 Å². The van der Waals surface area contributed by atoms with Crippen molar-refractivity contribution in [2.75, 3.05) is 12.3 Å². The summed E-state index contributed by atoms with van der Waals surface area (Å²) in [7, 11) is 0. The first-order valence-electron chi connectivity index (χ1n) is 4.23. The molecule has 0 bridgehead atoms. The fraction of sp³-hybridized carbons (Fsp3) is 0.556. The molecule has 3 N–H and O–H groups in total. The number of rotatable bonds is 5. The van der Waals surface area contributed by atoms with E-state index in [0.29, 0.717) is 12.3 Å². The van der Waals surface area contributed by atoms with Crippen molar-refractivity contribution in [3.05, 3.63) is 23.7 Å². The van der Waals surface area contributed by atoms with Crippen molar-refractivity contribution in [3.8, 4) is 0 Å². The Kier molecular flexibility index (Phi) is 4.35. The van der Waals surface area contributed by atoms with Gasteiger partial charge in [-0.05, 0) is 18.6 Å². The van der Waals surface area contributed by atoms with Gasteiger partial charge in [-0.2, -0.15) is 11.8 Å². The van der Waals surface area contributed by atoms with E-state index in [1.54, 1.807) is 18.0 Å². The number of nitrogens with two attached hydrogens (primary N) is 1. The minimum atomic E-state index is -0.403. The maximum Gasteiger partial charge on any atom is 0.116 e. The first kappa shape index (κ1) is 10.6. The second-order valence-corrected chi connectivity index (χ2v) is 3.96. The van der Waals surface area contributed by atoms with Gasteiger partial charge in [-0.25, -0.2) is 0 Å². The molecular weight excluding hydrogens is 186 g/mol. The lowest BCUT2D eigenvalue weighted by Gasteiger charge is -2.05. The normalized spacial score (nSPS) is 13.2. The maximum absolute atomic E-state index is 9.18. The second-order valence-electron chi connectivity index (χ2n) is 2.93. The second kappa shape index (κ2) is 5.32. The summed E-state index contributed by atoms with van der Waals surface area (Å²) in [4.78, 5) is 0. The molecule has 0 saturated heterocycles. The van der Waals surface area contributed by atoms with Gasteiger partial charge >= 0.3 is 0 Å². The number of hydrogen-bond acceptors (Lipinski definition) is 4. The molecule has 1 atom stereocenters. The van der Waals surface area contributed by atoms with E-state index in [1.807, 2.05) is 13.0 Å². The molecule has 0 saturated carbocycles. The van der Waals surface area contributed by atoms with Gasteiger partial charge in [-0.15, -0.1) is 0 Å². The summed E-state index contributed by atoms with van der Waals surface area (Å²) >= 11 is 1.63. The van der Waals surface area contributed by atoms with E-state index in [2.05, 4.69) is 0 Å². The third kappa shape index (κ3) is 3.42. The molecule has 1 aromatic heterocycles. The van der Waals surface area contributed by atoms with E-state index < -0.39 is 6.10 Å². The topological polar surface area (TPSA) is 59.4 Å². The van der Waals surface area contributed by atoms with Crippen molar-refractivity contribution in [2.24, 2.45) is 5.73 Å². The molecule has 13 heavy (non-hydrogen) atoms. The van der Waals surface area contributed by atoms with Crippen molar-refractivity contribution in [1.29, 1.82) is 0 Å². The zero-order valence-electron chi connectivity index (χ0n) is 7.69. The molecule has 1 unspecified atom stereocenters. The molecule has 3 nitrogen and oxygen atoms in total. The fourth-order valence-electron chi connectivity index (χ4n) is 0.908. The van der Waals surface area contributed by atoms with Crippen molar-refractivity contribution in [3.63, 3.8) is 0 Å². The van der Waals surface area contributed by atoms with Crippen LogP contribution in [0.1, 0.15) is 11.3 Å². The summed E-state index contributed by atoms with van der Waals surface area (Å²) in [6.45, 7) is 2.34. The standard InChI is InChI=1S/C9H15NO2S/c1-7-2-3-12-9(7)6-13-5-8(11)4-10/h2-3,8,11H,4-6,10H2,1H3. The van der Waals surface area contributed by atoms with E-state index >= 15 is 0 Å². The van der Waals surface area contributed by atoms with Crippen LogP contribution in [0.4, 0.5) is 0 Å². The van der Waals surface area contributed by atoms with Crippen LogP contribution in [0.15, 0.2) is 16.7 Å². The Morgan fingerprint density at radius 1 is 1.69 bits per heavy atom. The van der Waals surface area contributed by atoms with Crippen LogP contribution < -0.4 is 5.73 Å². The van der Waals surface area contributed by atoms with Gasteiger partial charge in [0.25, 0.3) is 0 Å². The summed E-state index contributed by atoms with van der Waals surface area (Å²) in [6, 6.07) is 1.94. The summed E-state index contributed by atoms with van der Waals surface area (Å²) in [5, 5.41) is 9.18. The lowest BCUT2D eigenvalue weighted by atomic mass is 10.3. The largest absolute Gasteiger partial charge is 0.468 e. The number of aryl methyl sites for hydroxylation is 1. The Labute approximate surface area is 82.3 Å². The van der Waals surface area contributed by atoms with Crippen molar-refractivity contribution < 1.29 is 9.52 Å². The van der Waals surface area contributed by atoms with Crippen molar-refractivity contribution in [1.82, 2.24) is 0 Å². The molecule has 0 aromatic carbocycles. The van der Waals surface area contributed by atoms with Gasteiger partial charge in [0.15, 0.2) is 0 Å². The van der Waals surface area contributed by atoms with Crippen LogP contribution in [0.5, 0.6) is 0 Å². The zero-order chi connectivity index (χ0) is 9.68. The number of furan rings is 1. The minimum Gasteiger partial charge on any atom is -0.468 e. The number of thioether (sulfide) groups is 1. The highest BCUT2D eigenvalue weighted by atomic mass is 32.2. The highest BCUT2D eigenvalue weighted by Gasteiger charge is 2.04. The highest BCUT2D eigenvalue weighted by molar-refractivity contribution is 7.98. The quantitative estimate of drug-likeness (QED) is 0.750. The molecule has 0 spiro atoms. The predicted octanol–water partition coefficient (Wildman–Crippen LogP) is 1.14. The first-order chi connectivity index (χ1) is 6.24. The zero-order valence-corrected chi connectivity index (χ0v) is 8.51. The van der Waals surface area contributed by atoms with Gasteiger partial charge in [0.05, 0.1) is 18.1 Å². The molecule has 4 heteroatoms. The molecule has 1 rings (SSSR count). The van der Waals surface area contributed by atoms with E-state index in [9.17, 15) is 5.11 Å². The van der Waals surface area contributed by atoms with Crippen molar-refractivity contribution >= 4 is 11.8 Å². The molecule has 0 aliphatic heterocycles. The molecule has 0 radical (unpaired) electrons. The van der Waals surface area contributed by atoms with Crippen molar-refractivity contribution in [2.45, 2.75) is 18.8 Å². The summed E-state index contributed by atoms with van der Waals surface area (Å²) in [5.74, 6) is 2.45. The maximum atomic E-state index is 9.18. The van der Waals surface area contributed by atoms with Crippen LogP contribution in [-0.2, 0) is 5.75 Å². The third-order valence-electron chi connectivity index (χ3n) is 1.78. The SMILES string of the molecule is Cc1ccoc1CSCC(O)CN. The third-order valence-corrected chi connectivity index (χ3v) is 2.87. The van der Waals surface area contributed by atoms with Gasteiger partial charge < -0.3 is 15.3 Å². The highest BCUT2D eigenvalue weighted by Crippen LogP contribution is 2.17. The van der Waals surface area contributed by atoms with E-state index in [1.165, 1.54) is 0 Å². The molecular formula is C9H15NO2S. The van der Waals surface area contributed by atoms with Crippen LogP contribution in [0.3, 0.4) is 0 Å². The summed E-state index contributed by atoms with van der Waals surface area (Å²) in [5.41, 5.74) is 6.44. The van der Waals surface area contributed by atoms with Gasteiger partial charge in [0.2, 0.25) is 0 Å². The molecule has 74 valence electrons. The van der Waals surface area contributed by atoms with Crippen LogP contribution >= 0.6 is 11.8 Å². The van der Waals surface area contributed by atoms with Gasteiger partial charge in [-0.3, -0.25) is 0 Å². The molecule has 0 aliphatic rings. The fourth-order valence-corrected chi connectivity index (χ4v) is 1.91. The first-order valence-corrected chi connectivity index (χ1v) is 5.38. The Morgan fingerprint density at radius 3 is 3.00 bits per heavy atom. The minimum absolute atomic E-state index is 0.324. The molecule has 0 fully saturated rings. The Morgan fingerprint density at radius 2 is 2.46 bits per heavy atom. The monoisotopic (exact) mass is 201 g/mol. The summed E-state index contributed by atoms with van der Waals surface area (Å²) < 4.78 is 5.25. The van der Waals surface area contributed by atoms with Crippen LogP contribution in [-0.4, -0.2) is 23.5 Å². The number of hydrogen-bond donors (Lipinski definition) is 2. The molecule has 0 amide bonds. The lowest BCUT2D eigenvalue weighted by molar-refractivity contribution is 0.208. The number of aliphatic hydroxyl groups excluding tert-OH is 1. The molecule has 1 heterocycles.